The smallest absolute Gasteiger partial charge is 0.744 e. The molecule has 162 valence electrons. The van der Waals surface area contributed by atoms with Crippen LogP contribution in [0.3, 0.4) is 0 Å². The molecule has 5 rings (SSSR count). The Labute approximate surface area is 238 Å². The van der Waals surface area contributed by atoms with Gasteiger partial charge in [-0.3, -0.25) is 0 Å². The topological polar surface area (TPSA) is 164 Å². The van der Waals surface area contributed by atoms with Crippen molar-refractivity contribution < 1.29 is 84.9 Å². The van der Waals surface area contributed by atoms with Gasteiger partial charge in [-0.05, 0) is 34.3 Å². The van der Waals surface area contributed by atoms with Crippen molar-refractivity contribution in [3.8, 4) is 11.6 Å². The molecule has 5 aromatic rings. The summed E-state index contributed by atoms with van der Waals surface area (Å²) >= 11 is 0. The van der Waals surface area contributed by atoms with Crippen LogP contribution in [0.2, 0.25) is 0 Å². The zero-order chi connectivity index (χ0) is 23.0. The summed E-state index contributed by atoms with van der Waals surface area (Å²) < 4.78 is 63.7. The van der Waals surface area contributed by atoms with Crippen molar-refractivity contribution in [2.24, 2.45) is 0 Å². The van der Waals surface area contributed by atoms with E-state index in [9.17, 15) is 21.4 Å². The normalized spacial score (nSPS) is 11.0. The molecule has 0 saturated carbocycles. The fourth-order valence-electron chi connectivity index (χ4n) is 3.34. The Hall–Kier alpha value is -1.74. The maximum Gasteiger partial charge on any atom is 1.00 e. The first-order chi connectivity index (χ1) is 15.3. The maximum atomic E-state index is 11.8. The molecular formula is C20H10N2Na2O8S2. The van der Waals surface area contributed by atoms with Gasteiger partial charge in [-0.15, -0.1) is 0 Å². The summed E-state index contributed by atoms with van der Waals surface area (Å²) in [6, 6.07) is 16.1. The molecule has 3 aromatic carbocycles. The molecule has 0 aliphatic heterocycles. The van der Waals surface area contributed by atoms with E-state index in [1.54, 1.807) is 6.07 Å². The van der Waals surface area contributed by atoms with Crippen molar-refractivity contribution in [1.29, 1.82) is 0 Å². The molecule has 34 heavy (non-hydrogen) atoms. The summed E-state index contributed by atoms with van der Waals surface area (Å²) in [4.78, 5) is 22.2. The van der Waals surface area contributed by atoms with Gasteiger partial charge in [0, 0.05) is 20.7 Å². The van der Waals surface area contributed by atoms with Crippen LogP contribution < -0.4 is 59.1 Å². The monoisotopic (exact) mass is 516 g/mol. The van der Waals surface area contributed by atoms with E-state index in [2.05, 4.69) is 9.97 Å². The fourth-order valence-corrected chi connectivity index (χ4v) is 4.38. The summed E-state index contributed by atoms with van der Waals surface area (Å²) in [5.41, 5.74) is 1.000. The van der Waals surface area contributed by atoms with Crippen molar-refractivity contribution in [2.45, 2.75) is 9.79 Å². The summed E-state index contributed by atoms with van der Waals surface area (Å²) in [7, 11) is -7.43. The van der Waals surface area contributed by atoms with E-state index in [0.29, 0.717) is 16.6 Å². The number of aromatic nitrogens is 2. The van der Waals surface area contributed by atoms with Gasteiger partial charge in [-0.25, -0.2) is 18.4 Å². The molecule has 0 bridgehead atoms. The van der Waals surface area contributed by atoms with Crippen LogP contribution in [-0.2, 0) is 29.2 Å². The third-order valence-corrected chi connectivity index (χ3v) is 6.18. The minimum absolute atomic E-state index is 0. The van der Waals surface area contributed by atoms with Crippen LogP contribution in [0.1, 0.15) is 0 Å². The first-order valence-electron chi connectivity index (χ1n) is 8.76. The molecule has 10 nitrogen and oxygen atoms in total. The van der Waals surface area contributed by atoms with Crippen molar-refractivity contribution in [3.63, 3.8) is 0 Å². The van der Waals surface area contributed by atoms with Gasteiger partial charge in [-0.2, -0.15) is 0 Å². The second-order valence-electron chi connectivity index (χ2n) is 6.53. The van der Waals surface area contributed by atoms with E-state index in [-0.39, 0.29) is 86.4 Å². The van der Waals surface area contributed by atoms with Gasteiger partial charge in [0.05, 0.1) is 10.4 Å². The van der Waals surface area contributed by atoms with Crippen LogP contribution in [0.5, 0.6) is 0 Å². The van der Waals surface area contributed by atoms with Crippen molar-refractivity contribution in [3.05, 3.63) is 70.6 Å². The Morgan fingerprint density at radius 2 is 1.56 bits per heavy atom. The first kappa shape index (κ1) is 28.5. The molecule has 0 spiro atoms. The van der Waals surface area contributed by atoms with Gasteiger partial charge in [0.15, 0.2) is 5.58 Å². The number of fused-ring (bicyclic) bond motifs is 4. The van der Waals surface area contributed by atoms with E-state index in [0.717, 1.165) is 11.5 Å². The standard InChI is InChI=1S/C20H11N2O6S2.2Na.O2/c23-29(24)13-6-7-14-12(9-13)10-17(30(25,26)27)19-18(14)22-20(28-19)16-8-5-11-3-1-2-4-15(11)21-16;;;1-2/h1-10H,(H,25,26,27);;;/q-1;2*+1;/p-1. The van der Waals surface area contributed by atoms with Gasteiger partial charge in [-0.1, -0.05) is 47.4 Å². The molecule has 0 aliphatic carbocycles. The Kier molecular flexibility index (Phi) is 9.50. The molecule has 2 heterocycles. The summed E-state index contributed by atoms with van der Waals surface area (Å²) in [6.45, 7) is 0. The molecular weight excluding hydrogens is 506 g/mol. The molecule has 0 saturated heterocycles. The van der Waals surface area contributed by atoms with Crippen LogP contribution >= 0.6 is 0 Å². The predicted molar refractivity (Wildman–Crippen MR) is 114 cm³/mol. The third-order valence-electron chi connectivity index (χ3n) is 4.70. The van der Waals surface area contributed by atoms with Gasteiger partial charge in [0.2, 0.25) is 5.89 Å². The number of para-hydroxylation sites is 1. The number of oxazole rings is 1. The molecule has 0 atom stereocenters. The van der Waals surface area contributed by atoms with Crippen LogP contribution in [-0.4, -0.2) is 22.9 Å². The van der Waals surface area contributed by atoms with Crippen molar-refractivity contribution in [1.82, 2.24) is 9.97 Å². The number of hydrogen-bond acceptors (Lipinski definition) is 11. The summed E-state index contributed by atoms with van der Waals surface area (Å²) in [5, 5.41) is 1.59. The Morgan fingerprint density at radius 1 is 0.853 bits per heavy atom. The maximum absolute atomic E-state index is 11.8. The third kappa shape index (κ3) is 5.40. The predicted octanol–water partition coefficient (Wildman–Crippen LogP) is -2.16. The average molecular weight is 516 g/mol. The number of rotatable bonds is 3. The van der Waals surface area contributed by atoms with Crippen molar-refractivity contribution in [2.75, 3.05) is 0 Å². The minimum atomic E-state index is -4.92. The van der Waals surface area contributed by atoms with E-state index in [1.807, 2.05) is 30.3 Å². The number of nitrogens with zero attached hydrogens (tertiary/aromatic N) is 2. The Bertz CT molecular complexity index is 1690. The molecule has 0 aliphatic rings. The van der Waals surface area contributed by atoms with E-state index in [4.69, 9.17) is 14.3 Å². The summed E-state index contributed by atoms with van der Waals surface area (Å²) in [5.74, 6) is 0.0460. The molecule has 0 N–H and O–H groups in total. The van der Waals surface area contributed by atoms with Gasteiger partial charge in [0.1, 0.15) is 21.3 Å². The van der Waals surface area contributed by atoms with E-state index in [1.165, 1.54) is 18.2 Å². The largest absolute Gasteiger partial charge is 1.00 e. The number of pyridine rings is 1. The zero-order valence-electron chi connectivity index (χ0n) is 17.8. The Morgan fingerprint density at radius 3 is 2.24 bits per heavy atom. The first-order valence-corrected chi connectivity index (χ1v) is 11.2. The van der Waals surface area contributed by atoms with Gasteiger partial charge in [0.25, 0.3) is 0 Å². The molecule has 2 aromatic heterocycles. The van der Waals surface area contributed by atoms with Crippen LogP contribution in [0.15, 0.2) is 74.9 Å². The van der Waals surface area contributed by atoms with Gasteiger partial charge < -0.3 is 17.4 Å². The van der Waals surface area contributed by atoms with Crippen LogP contribution in [0.4, 0.5) is 0 Å². The van der Waals surface area contributed by atoms with E-state index >= 15 is 0 Å². The molecule has 0 fully saturated rings. The zero-order valence-corrected chi connectivity index (χ0v) is 23.4. The fraction of sp³-hybridized carbons (Fsp3) is 0. The Balaban J connectivity index is 0.000000995. The van der Waals surface area contributed by atoms with Crippen LogP contribution in [0, 0.1) is 9.93 Å². The molecule has 0 amide bonds. The molecule has 14 heteroatoms. The quantitative estimate of drug-likeness (QED) is 0.147. The van der Waals surface area contributed by atoms with E-state index < -0.39 is 25.7 Å². The van der Waals surface area contributed by atoms with Gasteiger partial charge >= 0.3 is 59.1 Å². The molecule has 0 radical (unpaired) electrons. The SMILES string of the molecule is O=O.O=[S-](=O)c1ccc2c(c1)cc(S(=O)(=O)[O-])c1oc(-c3ccc4ccccc4n3)nc12.[Na+].[Na+]. The average Bonchev–Trinajstić information content (AvgIpc) is 3.24. The van der Waals surface area contributed by atoms with Crippen molar-refractivity contribution >= 4 is 53.6 Å². The second kappa shape index (κ2) is 11.3. The second-order valence-corrected chi connectivity index (χ2v) is 8.82. The minimum Gasteiger partial charge on any atom is -0.744 e. The number of benzene rings is 3. The molecule has 0 unspecified atom stereocenters. The number of hydrogen-bond donors (Lipinski definition) is 0. The van der Waals surface area contributed by atoms with Crippen LogP contribution in [0.25, 0.3) is 44.4 Å². The summed E-state index contributed by atoms with van der Waals surface area (Å²) in [6.07, 6.45) is 0.